The minimum atomic E-state index is -2.98. The van der Waals surface area contributed by atoms with Gasteiger partial charge in [-0.3, -0.25) is 9.78 Å². The second-order valence-corrected chi connectivity index (χ2v) is 5.64. The first-order chi connectivity index (χ1) is 16.0. The van der Waals surface area contributed by atoms with E-state index in [4.69, 9.17) is 9.60 Å². The molecule has 0 aliphatic carbocycles. The summed E-state index contributed by atoms with van der Waals surface area (Å²) in [5.41, 5.74) is 0.868. The summed E-state index contributed by atoms with van der Waals surface area (Å²) in [5, 5.41) is 3.89. The minimum absolute atomic E-state index is 0.110. The van der Waals surface area contributed by atoms with Gasteiger partial charge in [-0.25, -0.2) is 9.97 Å². The molecule has 134 valence electrons. The fraction of sp³-hybridized carbons (Fsp3) is 0.100. The molecule has 0 unspecified atom stereocenters. The molecule has 1 amide bonds. The van der Waals surface area contributed by atoms with E-state index < -0.39 is 48.4 Å². The van der Waals surface area contributed by atoms with E-state index in [0.717, 1.165) is 5.69 Å². The van der Waals surface area contributed by atoms with Gasteiger partial charge in [0, 0.05) is 30.4 Å². The smallest absolute Gasteiger partial charge is 0.256 e. The maximum atomic E-state index is 12.9. The molecule has 4 rings (SSSR count). The monoisotopic (exact) mass is 366 g/mol. The van der Waals surface area contributed by atoms with E-state index in [-0.39, 0.29) is 5.82 Å². The number of aryl methyl sites for hydroxylation is 1. The lowest BCUT2D eigenvalue weighted by atomic mass is 10.1. The Morgan fingerprint density at radius 3 is 2.70 bits per heavy atom. The van der Waals surface area contributed by atoms with Crippen LogP contribution in [0.4, 0.5) is 5.82 Å². The van der Waals surface area contributed by atoms with Crippen molar-refractivity contribution < 1.29 is 19.1 Å². The molecular formula is C20H17N5O2. The third-order valence-electron chi connectivity index (χ3n) is 3.86. The zero-order valence-electron chi connectivity index (χ0n) is 21.1. The van der Waals surface area contributed by atoms with Crippen LogP contribution in [0.15, 0.2) is 61.2 Å². The third kappa shape index (κ3) is 3.35. The average Bonchev–Trinajstić information content (AvgIpc) is 3.20. The molecule has 3 heterocycles. The maximum absolute atomic E-state index is 12.9. The Balaban J connectivity index is 1.68. The molecule has 0 fully saturated rings. The molecule has 27 heavy (non-hydrogen) atoms. The van der Waals surface area contributed by atoms with Gasteiger partial charge < -0.3 is 14.6 Å². The number of fused-ring (bicyclic) bond motifs is 1. The molecule has 1 aromatic carbocycles. The van der Waals surface area contributed by atoms with Crippen molar-refractivity contribution in [3.8, 4) is 17.1 Å². The highest BCUT2D eigenvalue weighted by molar-refractivity contribution is 6.04. The molecule has 7 heteroatoms. The van der Waals surface area contributed by atoms with Crippen molar-refractivity contribution in [1.82, 2.24) is 19.5 Å². The first kappa shape index (κ1) is 10.4. The van der Waals surface area contributed by atoms with Gasteiger partial charge in [-0.2, -0.15) is 0 Å². The highest BCUT2D eigenvalue weighted by Crippen LogP contribution is 2.23. The number of rotatable bonds is 4. The van der Waals surface area contributed by atoms with Crippen molar-refractivity contribution in [1.29, 1.82) is 0 Å². The van der Waals surface area contributed by atoms with Crippen LogP contribution in [0, 0.1) is 0 Å². The van der Waals surface area contributed by atoms with Gasteiger partial charge in [0.15, 0.2) is 0 Å². The van der Waals surface area contributed by atoms with Crippen LogP contribution in [-0.2, 0) is 7.05 Å². The molecular weight excluding hydrogens is 342 g/mol. The highest BCUT2D eigenvalue weighted by Gasteiger charge is 2.09. The van der Waals surface area contributed by atoms with Crippen molar-refractivity contribution >= 4 is 22.5 Å². The molecule has 0 radical (unpaired) electrons. The molecule has 3 aromatic heterocycles. The number of ether oxygens (including phenoxy) is 1. The number of aromatic nitrogens is 4. The molecule has 4 aromatic rings. The van der Waals surface area contributed by atoms with E-state index in [1.807, 2.05) is 7.05 Å². The fourth-order valence-corrected chi connectivity index (χ4v) is 2.49. The summed E-state index contributed by atoms with van der Waals surface area (Å²) in [6, 6.07) is 0.348. The number of benzene rings is 1. The van der Waals surface area contributed by atoms with Gasteiger partial charge in [0.25, 0.3) is 5.91 Å². The number of anilines is 1. The van der Waals surface area contributed by atoms with E-state index in [1.165, 1.54) is 6.20 Å². The van der Waals surface area contributed by atoms with Crippen LogP contribution >= 0.6 is 0 Å². The van der Waals surface area contributed by atoms with Crippen LogP contribution in [-0.4, -0.2) is 32.5 Å². The number of carbonyl (C=O) groups excluding carboxylic acids is 1. The van der Waals surface area contributed by atoms with E-state index in [0.29, 0.717) is 16.5 Å². The zero-order valence-corrected chi connectivity index (χ0v) is 14.1. The molecule has 0 atom stereocenters. The molecule has 0 saturated carbocycles. The van der Waals surface area contributed by atoms with Crippen molar-refractivity contribution in [2.45, 2.75) is 0 Å². The number of hydrogen-bond donors (Lipinski definition) is 1. The largest absolute Gasteiger partial charge is 0.497 e. The van der Waals surface area contributed by atoms with Crippen LogP contribution in [0.25, 0.3) is 22.2 Å². The number of nitrogens with zero attached hydrogens (tertiary/aromatic N) is 4. The van der Waals surface area contributed by atoms with Gasteiger partial charge in [-0.1, -0.05) is 0 Å². The average molecular weight is 366 g/mol. The summed E-state index contributed by atoms with van der Waals surface area (Å²) in [5.74, 6) is -1.59. The molecule has 1 N–H and O–H groups in total. The Kier molecular flexibility index (Phi) is 2.65. The number of imidazole rings is 1. The summed E-state index contributed by atoms with van der Waals surface area (Å²) in [4.78, 5) is 25.5. The Bertz CT molecular complexity index is 1410. The number of pyridine rings is 2. The van der Waals surface area contributed by atoms with Crippen molar-refractivity contribution in [3.63, 3.8) is 0 Å². The number of carbonyl (C=O) groups is 1. The summed E-state index contributed by atoms with van der Waals surface area (Å²) in [6.07, 6.45) is 6.43. The van der Waals surface area contributed by atoms with Crippen LogP contribution in [0.5, 0.6) is 5.75 Å². The fourth-order valence-electron chi connectivity index (χ4n) is 2.49. The summed E-state index contributed by atoms with van der Waals surface area (Å²) in [6.45, 7) is 0. The molecule has 0 aliphatic heterocycles. The molecule has 0 aliphatic rings. The van der Waals surface area contributed by atoms with Gasteiger partial charge in [0.1, 0.15) is 11.6 Å². The second kappa shape index (κ2) is 6.87. The molecule has 7 nitrogen and oxygen atoms in total. The molecule has 0 saturated heterocycles. The number of amides is 1. The lowest BCUT2D eigenvalue weighted by molar-refractivity contribution is 0.102. The van der Waals surface area contributed by atoms with Crippen LogP contribution in [0.1, 0.15) is 20.0 Å². The molecule has 0 spiro atoms. The lowest BCUT2D eigenvalue weighted by Crippen LogP contribution is -2.12. The number of methoxy groups -OCH3 is 1. The topological polar surface area (TPSA) is 81.9 Å². The Morgan fingerprint density at radius 1 is 1.15 bits per heavy atom. The van der Waals surface area contributed by atoms with Crippen molar-refractivity contribution in [2.75, 3.05) is 12.4 Å². The molecule has 0 bridgehead atoms. The first-order valence-electron chi connectivity index (χ1n) is 11.3. The van der Waals surface area contributed by atoms with Gasteiger partial charge in [0.2, 0.25) is 0 Å². The van der Waals surface area contributed by atoms with Gasteiger partial charge in [-0.05, 0) is 41.7 Å². The second-order valence-electron chi connectivity index (χ2n) is 5.64. The minimum Gasteiger partial charge on any atom is -0.497 e. The van der Waals surface area contributed by atoms with Crippen LogP contribution in [0.2, 0.25) is 0 Å². The summed E-state index contributed by atoms with van der Waals surface area (Å²) >= 11 is 0. The van der Waals surface area contributed by atoms with E-state index in [1.54, 1.807) is 35.4 Å². The Labute approximate surface area is 165 Å². The SMILES string of the molecule is [2H]c1c([2H])c(C(=O)Nc2cc3cc(-c4cncn4C)ncc3cn2)c([2H])c([2H])c1OC([2H])([2H])[2H]. The van der Waals surface area contributed by atoms with Gasteiger partial charge in [-0.15, -0.1) is 0 Å². The third-order valence-corrected chi connectivity index (χ3v) is 3.86. The van der Waals surface area contributed by atoms with Gasteiger partial charge >= 0.3 is 0 Å². The lowest BCUT2D eigenvalue weighted by Gasteiger charge is -2.08. The Morgan fingerprint density at radius 2 is 1.96 bits per heavy atom. The summed E-state index contributed by atoms with van der Waals surface area (Å²) in [7, 11) is -1.15. The standard InChI is InChI=1S/C20H17N5O2/c1-25-12-21-11-18(25)17-7-14-8-19(23-10-15(14)9-22-17)24-20(26)13-3-5-16(27-2)6-4-13/h3-12H,1-2H3,(H,23,24,26)/i2D3,3D,4D,5D,6D. The predicted molar refractivity (Wildman–Crippen MR) is 103 cm³/mol. The summed E-state index contributed by atoms with van der Waals surface area (Å²) < 4.78 is 60.0. The van der Waals surface area contributed by atoms with Crippen LogP contribution in [0.3, 0.4) is 0 Å². The van der Waals surface area contributed by atoms with Gasteiger partial charge in [0.05, 0.1) is 40.5 Å². The van der Waals surface area contributed by atoms with Crippen LogP contribution < -0.4 is 10.1 Å². The first-order valence-corrected chi connectivity index (χ1v) is 7.79. The number of hydrogen-bond acceptors (Lipinski definition) is 5. The Hall–Kier alpha value is -3.74. The quantitative estimate of drug-likeness (QED) is 0.599. The van der Waals surface area contributed by atoms with E-state index >= 15 is 0 Å². The van der Waals surface area contributed by atoms with Crippen molar-refractivity contribution in [3.05, 3.63) is 66.8 Å². The zero-order chi connectivity index (χ0) is 24.8. The predicted octanol–water partition coefficient (Wildman–Crippen LogP) is 3.29. The number of nitrogens with one attached hydrogen (secondary N) is 1. The van der Waals surface area contributed by atoms with Crippen molar-refractivity contribution in [2.24, 2.45) is 7.05 Å². The normalized spacial score (nSPS) is 14.9. The maximum Gasteiger partial charge on any atom is 0.256 e. The highest BCUT2D eigenvalue weighted by atomic mass is 16.5. The van der Waals surface area contributed by atoms with E-state index in [9.17, 15) is 4.79 Å². The van der Waals surface area contributed by atoms with E-state index in [2.05, 4.69) is 25.0 Å².